The highest BCUT2D eigenvalue weighted by molar-refractivity contribution is 7.71. The number of benzene rings is 1. The van der Waals surface area contributed by atoms with Gasteiger partial charge in [-0.25, -0.2) is 4.98 Å². The molecule has 0 radical (unpaired) electrons. The molecule has 2 fully saturated rings. The second-order valence-electron chi connectivity index (χ2n) is 8.71. The molecule has 2 aliphatic rings. The van der Waals surface area contributed by atoms with Crippen LogP contribution in [0.4, 0.5) is 0 Å². The highest BCUT2D eigenvalue weighted by Crippen LogP contribution is 2.31. The Bertz CT molecular complexity index is 1010. The normalized spacial score (nSPS) is 23.6. The van der Waals surface area contributed by atoms with Crippen LogP contribution in [0.15, 0.2) is 24.3 Å². The molecule has 29 heavy (non-hydrogen) atoms. The first kappa shape index (κ1) is 19.4. The minimum atomic E-state index is 0.548. The van der Waals surface area contributed by atoms with Gasteiger partial charge in [0.25, 0.3) is 0 Å². The lowest BCUT2D eigenvalue weighted by Gasteiger charge is -2.28. The van der Waals surface area contributed by atoms with Gasteiger partial charge >= 0.3 is 0 Å². The van der Waals surface area contributed by atoms with Crippen LogP contribution in [0.2, 0.25) is 0 Å². The van der Waals surface area contributed by atoms with Crippen LogP contribution in [0.5, 0.6) is 0 Å². The molecular weight excluding hydrogens is 398 g/mol. The van der Waals surface area contributed by atoms with Gasteiger partial charge in [0.15, 0.2) is 6.67 Å². The number of fused-ring (bicyclic) bond motifs is 1. The summed E-state index contributed by atoms with van der Waals surface area (Å²) >= 11 is 7.74. The number of thiazole rings is 1. The summed E-state index contributed by atoms with van der Waals surface area (Å²) in [6.45, 7) is 5.31. The Morgan fingerprint density at radius 1 is 1.14 bits per heavy atom. The molecule has 1 unspecified atom stereocenters. The SMILES string of the molecule is Cc1nn(C[NH+]2CCC[C@H](c3nc4ccccc4s3)C2)c(=S)n1C1CCCCC1. The molecule has 0 bridgehead atoms. The molecule has 0 amide bonds. The van der Waals surface area contributed by atoms with E-state index in [1.807, 2.05) is 11.3 Å². The number of likely N-dealkylation sites (tertiary alicyclic amines) is 1. The number of quaternary nitrogens is 1. The zero-order valence-corrected chi connectivity index (χ0v) is 18.8. The quantitative estimate of drug-likeness (QED) is 0.631. The van der Waals surface area contributed by atoms with Crippen molar-refractivity contribution in [3.05, 3.63) is 39.9 Å². The molecule has 3 heterocycles. The Hall–Kier alpha value is -1.57. The minimum absolute atomic E-state index is 0.548. The van der Waals surface area contributed by atoms with Crippen LogP contribution in [-0.2, 0) is 6.67 Å². The molecule has 1 aliphatic heterocycles. The summed E-state index contributed by atoms with van der Waals surface area (Å²) in [7, 11) is 0. The fraction of sp³-hybridized carbons (Fsp3) is 0.591. The summed E-state index contributed by atoms with van der Waals surface area (Å²) in [6, 6.07) is 9.05. The topological polar surface area (TPSA) is 40.1 Å². The molecule has 1 saturated carbocycles. The molecule has 154 valence electrons. The number of para-hydroxylation sites is 1. The van der Waals surface area contributed by atoms with Gasteiger partial charge in [0.05, 0.1) is 29.2 Å². The van der Waals surface area contributed by atoms with Crippen molar-refractivity contribution in [1.82, 2.24) is 19.3 Å². The van der Waals surface area contributed by atoms with Crippen molar-refractivity contribution in [2.45, 2.75) is 70.5 Å². The van der Waals surface area contributed by atoms with E-state index in [0.29, 0.717) is 12.0 Å². The van der Waals surface area contributed by atoms with Crippen molar-refractivity contribution in [1.29, 1.82) is 0 Å². The van der Waals surface area contributed by atoms with Crippen LogP contribution < -0.4 is 4.90 Å². The fourth-order valence-corrected chi connectivity index (χ4v) is 6.66. The molecule has 5 nitrogen and oxygen atoms in total. The largest absolute Gasteiger partial charge is 0.316 e. The molecule has 0 spiro atoms. The monoisotopic (exact) mass is 428 g/mol. The molecule has 3 aromatic rings. The number of hydrogen-bond donors (Lipinski definition) is 1. The highest BCUT2D eigenvalue weighted by Gasteiger charge is 2.28. The Morgan fingerprint density at radius 2 is 1.97 bits per heavy atom. The standard InChI is InChI=1S/C22H29N5S2/c1-16-24-26(22(28)27(16)18-9-3-2-4-10-18)15-25-13-7-8-17(14-25)21-23-19-11-5-6-12-20(19)29-21/h5-6,11-12,17-18H,2-4,7-10,13-15H2,1H3/p+1/t17-/m0/s1. The van der Waals surface area contributed by atoms with Gasteiger partial charge in [-0.3, -0.25) is 0 Å². The van der Waals surface area contributed by atoms with E-state index < -0.39 is 0 Å². The van der Waals surface area contributed by atoms with Gasteiger partial charge in [-0.2, -0.15) is 9.78 Å². The third kappa shape index (κ3) is 3.92. The van der Waals surface area contributed by atoms with E-state index in [2.05, 4.69) is 40.4 Å². The second kappa shape index (κ2) is 8.28. The third-order valence-corrected chi connectivity index (χ3v) is 8.24. The van der Waals surface area contributed by atoms with Crippen LogP contribution in [0.3, 0.4) is 0 Å². The maximum Gasteiger partial charge on any atom is 0.203 e. The molecule has 1 N–H and O–H groups in total. The number of rotatable bonds is 4. The maximum absolute atomic E-state index is 5.87. The average Bonchev–Trinajstić information content (AvgIpc) is 3.30. The first-order valence-corrected chi connectivity index (χ1v) is 12.3. The predicted molar refractivity (Wildman–Crippen MR) is 120 cm³/mol. The second-order valence-corrected chi connectivity index (χ2v) is 10.1. The van der Waals surface area contributed by atoms with Gasteiger partial charge in [0.1, 0.15) is 10.8 Å². The van der Waals surface area contributed by atoms with E-state index >= 15 is 0 Å². The number of piperidine rings is 1. The van der Waals surface area contributed by atoms with E-state index in [1.165, 1.54) is 61.2 Å². The summed E-state index contributed by atoms with van der Waals surface area (Å²) in [5, 5.41) is 6.16. The lowest BCUT2D eigenvalue weighted by atomic mass is 9.95. The number of aromatic nitrogens is 4. The lowest BCUT2D eigenvalue weighted by Crippen LogP contribution is -3.12. The van der Waals surface area contributed by atoms with Crippen molar-refractivity contribution in [3.8, 4) is 0 Å². The summed E-state index contributed by atoms with van der Waals surface area (Å²) in [5.41, 5.74) is 1.14. The Kier molecular flexibility index (Phi) is 5.54. The van der Waals surface area contributed by atoms with Crippen molar-refractivity contribution in [3.63, 3.8) is 0 Å². The summed E-state index contributed by atoms with van der Waals surface area (Å²) in [6.07, 6.45) is 8.97. The lowest BCUT2D eigenvalue weighted by molar-refractivity contribution is -0.929. The first-order valence-electron chi connectivity index (χ1n) is 11.0. The van der Waals surface area contributed by atoms with E-state index in [0.717, 1.165) is 29.3 Å². The number of hydrogen-bond acceptors (Lipinski definition) is 4. The van der Waals surface area contributed by atoms with E-state index in [4.69, 9.17) is 22.3 Å². The Morgan fingerprint density at radius 3 is 2.79 bits per heavy atom. The van der Waals surface area contributed by atoms with Crippen molar-refractivity contribution < 1.29 is 4.90 Å². The molecule has 2 atom stereocenters. The van der Waals surface area contributed by atoms with Gasteiger partial charge in [-0.1, -0.05) is 31.4 Å². The molecule has 7 heteroatoms. The van der Waals surface area contributed by atoms with Gasteiger partial charge in [-0.15, -0.1) is 11.3 Å². The molecule has 1 aromatic carbocycles. The zero-order chi connectivity index (χ0) is 19.8. The van der Waals surface area contributed by atoms with Gasteiger partial charge in [0.2, 0.25) is 4.77 Å². The minimum Gasteiger partial charge on any atom is -0.316 e. The van der Waals surface area contributed by atoms with Gasteiger partial charge in [-0.05, 0) is 57.0 Å². The van der Waals surface area contributed by atoms with Crippen LogP contribution in [0, 0.1) is 11.7 Å². The fourth-order valence-electron chi connectivity index (χ4n) is 5.17. The van der Waals surface area contributed by atoms with Crippen molar-refractivity contribution in [2.75, 3.05) is 13.1 Å². The zero-order valence-electron chi connectivity index (χ0n) is 17.1. The van der Waals surface area contributed by atoms with Crippen LogP contribution >= 0.6 is 23.6 Å². The van der Waals surface area contributed by atoms with Crippen LogP contribution in [0.25, 0.3) is 10.2 Å². The highest BCUT2D eigenvalue weighted by atomic mass is 32.1. The number of nitrogens with one attached hydrogen (secondary N) is 1. The number of aryl methyl sites for hydroxylation is 1. The summed E-state index contributed by atoms with van der Waals surface area (Å²) in [5.74, 6) is 1.63. The molecular formula is C22H30N5S2+. The Labute approximate surface area is 181 Å². The molecule has 5 rings (SSSR count). The Balaban J connectivity index is 1.32. The van der Waals surface area contributed by atoms with E-state index in [-0.39, 0.29) is 0 Å². The molecule has 2 aromatic heterocycles. The maximum atomic E-state index is 5.87. The summed E-state index contributed by atoms with van der Waals surface area (Å²) in [4.78, 5) is 6.51. The molecule has 1 saturated heterocycles. The first-order chi connectivity index (χ1) is 14.2. The van der Waals surface area contributed by atoms with E-state index in [9.17, 15) is 0 Å². The van der Waals surface area contributed by atoms with Gasteiger partial charge in [0, 0.05) is 6.04 Å². The van der Waals surface area contributed by atoms with Crippen LogP contribution in [-0.4, -0.2) is 32.4 Å². The van der Waals surface area contributed by atoms with Crippen LogP contribution in [0.1, 0.15) is 67.7 Å². The smallest absolute Gasteiger partial charge is 0.203 e. The molecule has 1 aliphatic carbocycles. The van der Waals surface area contributed by atoms with Crippen molar-refractivity contribution >= 4 is 33.8 Å². The summed E-state index contributed by atoms with van der Waals surface area (Å²) < 4.78 is 6.65. The van der Waals surface area contributed by atoms with Gasteiger partial charge < -0.3 is 9.47 Å². The number of nitrogens with zero attached hydrogens (tertiary/aromatic N) is 4. The third-order valence-electron chi connectivity index (χ3n) is 6.63. The predicted octanol–water partition coefficient (Wildman–Crippen LogP) is 4.26. The van der Waals surface area contributed by atoms with Crippen molar-refractivity contribution in [2.24, 2.45) is 0 Å². The average molecular weight is 429 g/mol. The van der Waals surface area contributed by atoms with E-state index in [1.54, 1.807) is 4.90 Å².